The van der Waals surface area contributed by atoms with Gasteiger partial charge >= 0.3 is 0 Å². The minimum atomic E-state index is -0.967. The van der Waals surface area contributed by atoms with Crippen LogP contribution in [0.2, 0.25) is 25.2 Å². The van der Waals surface area contributed by atoms with Crippen molar-refractivity contribution in [1.82, 2.24) is 9.47 Å². The molecular weight excluding hydrogens is 375 g/mol. The van der Waals surface area contributed by atoms with Crippen molar-refractivity contribution in [3.8, 4) is 16.9 Å². The molecule has 0 N–H and O–H groups in total. The third-order valence-corrected chi connectivity index (χ3v) is 9.54. The van der Waals surface area contributed by atoms with E-state index in [9.17, 15) is 4.39 Å². The highest BCUT2D eigenvalue weighted by Gasteiger charge is 2.28. The molecule has 3 aromatic rings. The van der Waals surface area contributed by atoms with Crippen molar-refractivity contribution in [3.05, 3.63) is 77.2 Å². The minimum Gasteiger partial charge on any atom is -0.314 e. The maximum absolute atomic E-state index is 13.5. The number of nitrogens with zero attached hydrogens (tertiary/aromatic N) is 2. The Kier molecular flexibility index (Phi) is 5.49. The van der Waals surface area contributed by atoms with Crippen LogP contribution in [0.5, 0.6) is 0 Å². The summed E-state index contributed by atoms with van der Waals surface area (Å²) in [5, 5.41) is 0. The summed E-state index contributed by atoms with van der Waals surface area (Å²) in [6.45, 7) is 12.7. The van der Waals surface area contributed by atoms with E-state index in [-0.39, 0.29) is 5.82 Å². The first kappa shape index (κ1) is 20.1. The zero-order chi connectivity index (χ0) is 20.6. The van der Waals surface area contributed by atoms with Crippen LogP contribution in [0.1, 0.15) is 16.8 Å². The molecule has 2 heterocycles. The van der Waals surface area contributed by atoms with Crippen molar-refractivity contribution in [2.75, 3.05) is 13.1 Å². The van der Waals surface area contributed by atoms with Gasteiger partial charge in [0.05, 0.1) is 5.69 Å². The van der Waals surface area contributed by atoms with E-state index in [4.69, 9.17) is 0 Å². The molecule has 2 aromatic carbocycles. The molecule has 1 aliphatic rings. The van der Waals surface area contributed by atoms with Crippen LogP contribution in [0.4, 0.5) is 4.39 Å². The Hall–Kier alpha value is -2.17. The standard InChI is InChI=1S/C25H31FN2Si/c1-19-5-7-21(8-6-19)25-17-22(18-27-13-15-29(3,4)16-14-27)20(2)28(25)24-11-9-23(26)10-12-24/h5-12,17H,13-16,18H2,1-4H3. The van der Waals surface area contributed by atoms with Gasteiger partial charge in [-0.05, 0) is 80.5 Å². The summed E-state index contributed by atoms with van der Waals surface area (Å²) in [7, 11) is -0.967. The van der Waals surface area contributed by atoms with Crippen molar-refractivity contribution in [2.24, 2.45) is 0 Å². The first-order chi connectivity index (χ1) is 13.8. The monoisotopic (exact) mass is 406 g/mol. The number of benzene rings is 2. The van der Waals surface area contributed by atoms with Gasteiger partial charge in [0.25, 0.3) is 0 Å². The van der Waals surface area contributed by atoms with Gasteiger partial charge in [-0.3, -0.25) is 4.90 Å². The maximum Gasteiger partial charge on any atom is 0.123 e. The molecule has 1 saturated heterocycles. The Balaban J connectivity index is 1.72. The van der Waals surface area contributed by atoms with Crippen molar-refractivity contribution >= 4 is 8.07 Å². The summed E-state index contributed by atoms with van der Waals surface area (Å²) < 4.78 is 15.8. The molecule has 2 nitrogen and oxygen atoms in total. The van der Waals surface area contributed by atoms with Crippen LogP contribution in [0.25, 0.3) is 16.9 Å². The summed E-state index contributed by atoms with van der Waals surface area (Å²) in [4.78, 5) is 2.61. The van der Waals surface area contributed by atoms with Crippen molar-refractivity contribution < 1.29 is 4.39 Å². The molecule has 0 spiro atoms. The molecule has 29 heavy (non-hydrogen) atoms. The Morgan fingerprint density at radius 3 is 2.14 bits per heavy atom. The highest BCUT2D eigenvalue weighted by Crippen LogP contribution is 2.32. The van der Waals surface area contributed by atoms with Crippen LogP contribution in [0.3, 0.4) is 0 Å². The molecule has 152 valence electrons. The average molecular weight is 407 g/mol. The van der Waals surface area contributed by atoms with Gasteiger partial charge in [0.15, 0.2) is 0 Å². The molecule has 0 aliphatic carbocycles. The Morgan fingerprint density at radius 1 is 0.897 bits per heavy atom. The Labute approximate surface area is 175 Å². The van der Waals surface area contributed by atoms with Gasteiger partial charge < -0.3 is 4.57 Å². The first-order valence-electron chi connectivity index (χ1n) is 10.6. The SMILES string of the molecule is Cc1ccc(-c2cc(CN3CC[Si](C)(C)CC3)c(C)n2-c2ccc(F)cc2)cc1. The molecule has 4 rings (SSSR count). The first-order valence-corrected chi connectivity index (χ1v) is 14.0. The van der Waals surface area contributed by atoms with Crippen LogP contribution in [0, 0.1) is 19.7 Å². The van der Waals surface area contributed by atoms with Gasteiger partial charge in [0.1, 0.15) is 5.82 Å². The summed E-state index contributed by atoms with van der Waals surface area (Å²) in [6, 6.07) is 20.6. The smallest absolute Gasteiger partial charge is 0.123 e. The summed E-state index contributed by atoms with van der Waals surface area (Å²) in [5.74, 6) is -0.198. The fourth-order valence-corrected chi connectivity index (χ4v) is 6.33. The van der Waals surface area contributed by atoms with Crippen LogP contribution in [-0.2, 0) is 6.54 Å². The van der Waals surface area contributed by atoms with Crippen molar-refractivity contribution in [1.29, 1.82) is 0 Å². The van der Waals surface area contributed by atoms with E-state index in [1.54, 1.807) is 12.1 Å². The number of rotatable bonds is 4. The van der Waals surface area contributed by atoms with Crippen LogP contribution < -0.4 is 0 Å². The predicted molar refractivity (Wildman–Crippen MR) is 123 cm³/mol. The number of aryl methyl sites for hydroxylation is 1. The molecule has 0 radical (unpaired) electrons. The van der Waals surface area contributed by atoms with E-state index in [2.05, 4.69) is 66.7 Å². The number of hydrogen-bond donors (Lipinski definition) is 0. The van der Waals surface area contributed by atoms with Gasteiger partial charge in [0.2, 0.25) is 0 Å². The summed E-state index contributed by atoms with van der Waals surface area (Å²) >= 11 is 0. The van der Waals surface area contributed by atoms with E-state index >= 15 is 0 Å². The molecule has 4 heteroatoms. The van der Waals surface area contributed by atoms with Crippen molar-refractivity contribution in [2.45, 2.75) is 45.6 Å². The van der Waals surface area contributed by atoms with Crippen LogP contribution >= 0.6 is 0 Å². The molecule has 1 aliphatic heterocycles. The van der Waals surface area contributed by atoms with Gasteiger partial charge in [-0.15, -0.1) is 0 Å². The number of aromatic nitrogens is 1. The highest BCUT2D eigenvalue weighted by atomic mass is 28.3. The third kappa shape index (κ3) is 4.38. The topological polar surface area (TPSA) is 8.17 Å². The second-order valence-corrected chi connectivity index (χ2v) is 14.6. The van der Waals surface area contributed by atoms with Crippen LogP contribution in [0.15, 0.2) is 54.6 Å². The number of halogens is 1. The van der Waals surface area contributed by atoms with Crippen LogP contribution in [-0.4, -0.2) is 30.6 Å². The molecule has 0 unspecified atom stereocenters. The van der Waals surface area contributed by atoms with E-state index in [1.807, 2.05) is 12.1 Å². The van der Waals surface area contributed by atoms with E-state index in [1.165, 1.54) is 53.3 Å². The molecule has 0 bridgehead atoms. The van der Waals surface area contributed by atoms with E-state index < -0.39 is 8.07 Å². The molecular formula is C25H31FN2Si. The van der Waals surface area contributed by atoms with E-state index in [0.717, 1.165) is 12.2 Å². The largest absolute Gasteiger partial charge is 0.314 e. The van der Waals surface area contributed by atoms with Gasteiger partial charge in [-0.1, -0.05) is 42.9 Å². The maximum atomic E-state index is 13.5. The predicted octanol–water partition coefficient (Wildman–Crippen LogP) is 6.42. The lowest BCUT2D eigenvalue weighted by molar-refractivity contribution is 0.281. The minimum absolute atomic E-state index is 0.198. The van der Waals surface area contributed by atoms with Gasteiger partial charge in [0, 0.05) is 26.0 Å². The lowest BCUT2D eigenvalue weighted by atomic mass is 10.1. The zero-order valence-electron chi connectivity index (χ0n) is 18.0. The van der Waals surface area contributed by atoms with Crippen molar-refractivity contribution in [3.63, 3.8) is 0 Å². The lowest BCUT2D eigenvalue weighted by Crippen LogP contribution is -2.42. The Morgan fingerprint density at radius 2 is 1.52 bits per heavy atom. The second kappa shape index (κ2) is 7.92. The Bertz CT molecular complexity index is 977. The summed E-state index contributed by atoms with van der Waals surface area (Å²) in [6.07, 6.45) is 0. The second-order valence-electron chi connectivity index (χ2n) is 9.26. The molecule has 1 fully saturated rings. The normalized spacial score (nSPS) is 16.9. The average Bonchev–Trinajstić information content (AvgIpc) is 3.01. The lowest BCUT2D eigenvalue weighted by Gasteiger charge is -2.35. The molecule has 1 aromatic heterocycles. The zero-order valence-corrected chi connectivity index (χ0v) is 19.0. The molecule has 0 amide bonds. The fraction of sp³-hybridized carbons (Fsp3) is 0.360. The molecule has 0 saturated carbocycles. The summed E-state index contributed by atoms with van der Waals surface area (Å²) in [5.41, 5.74) is 7.25. The van der Waals surface area contributed by atoms with Gasteiger partial charge in [-0.2, -0.15) is 0 Å². The van der Waals surface area contributed by atoms with E-state index in [0.29, 0.717) is 0 Å². The molecule has 0 atom stereocenters. The highest BCUT2D eigenvalue weighted by molar-refractivity contribution is 6.77. The number of hydrogen-bond acceptors (Lipinski definition) is 1. The van der Waals surface area contributed by atoms with Gasteiger partial charge in [-0.25, -0.2) is 4.39 Å². The quantitative estimate of drug-likeness (QED) is 0.454. The third-order valence-electron chi connectivity index (χ3n) is 6.39. The fourth-order valence-electron chi connectivity index (χ4n) is 4.24.